The standard InChI is InChI=1S/C15H12F2N2OS/c16-15(17)21-12-7-4-11(5-8-12)6-9-14(20)19-13-3-1-2-10-18-13/h1-10,15H,(H,18,19,20)/p+1. The molecule has 2 N–H and O–H groups in total. The molecule has 0 aliphatic carbocycles. The third-order valence-corrected chi connectivity index (χ3v) is 3.22. The lowest BCUT2D eigenvalue weighted by Crippen LogP contribution is -2.16. The molecule has 2 aromatic rings. The summed E-state index contributed by atoms with van der Waals surface area (Å²) in [6.45, 7) is 0. The van der Waals surface area contributed by atoms with Crippen LogP contribution in [-0.4, -0.2) is 11.7 Å². The van der Waals surface area contributed by atoms with Crippen molar-refractivity contribution in [3.05, 3.63) is 60.3 Å². The number of halogens is 2. The highest BCUT2D eigenvalue weighted by molar-refractivity contribution is 7.99. The normalized spacial score (nSPS) is 11.0. The Kier molecular flexibility index (Phi) is 5.45. The van der Waals surface area contributed by atoms with Crippen LogP contribution in [0.15, 0.2) is 59.6 Å². The van der Waals surface area contributed by atoms with Gasteiger partial charge >= 0.3 is 5.91 Å². The summed E-state index contributed by atoms with van der Waals surface area (Å²) in [6, 6.07) is 11.9. The molecule has 1 heterocycles. The van der Waals surface area contributed by atoms with Gasteiger partial charge in [0.15, 0.2) is 0 Å². The van der Waals surface area contributed by atoms with Gasteiger partial charge in [0, 0.05) is 17.0 Å². The van der Waals surface area contributed by atoms with Crippen molar-refractivity contribution >= 4 is 29.6 Å². The molecule has 0 aliphatic rings. The van der Waals surface area contributed by atoms with Gasteiger partial charge in [-0.05, 0) is 29.8 Å². The van der Waals surface area contributed by atoms with Gasteiger partial charge in [0.1, 0.15) is 0 Å². The summed E-state index contributed by atoms with van der Waals surface area (Å²) in [6.07, 6.45) is 4.71. The molecule has 0 fully saturated rings. The van der Waals surface area contributed by atoms with Crippen LogP contribution in [0.4, 0.5) is 14.6 Å². The average molecular weight is 307 g/mol. The Morgan fingerprint density at radius 3 is 2.57 bits per heavy atom. The van der Waals surface area contributed by atoms with Crippen LogP contribution in [0, 0.1) is 0 Å². The Hall–Kier alpha value is -2.21. The van der Waals surface area contributed by atoms with E-state index in [1.807, 2.05) is 6.07 Å². The molecule has 0 bridgehead atoms. The average Bonchev–Trinajstić information content (AvgIpc) is 2.47. The van der Waals surface area contributed by atoms with E-state index in [1.165, 1.54) is 6.08 Å². The smallest absolute Gasteiger partial charge is 0.247 e. The molecule has 2 rings (SSSR count). The van der Waals surface area contributed by atoms with E-state index < -0.39 is 5.76 Å². The van der Waals surface area contributed by atoms with Crippen molar-refractivity contribution in [2.45, 2.75) is 10.7 Å². The highest BCUT2D eigenvalue weighted by Gasteiger charge is 2.06. The van der Waals surface area contributed by atoms with Crippen molar-refractivity contribution in [3.63, 3.8) is 0 Å². The maximum atomic E-state index is 12.2. The molecule has 0 unspecified atom stereocenters. The fraction of sp³-hybridized carbons (Fsp3) is 0.0667. The van der Waals surface area contributed by atoms with Crippen LogP contribution in [0.2, 0.25) is 0 Å². The number of anilines is 1. The molecule has 0 saturated heterocycles. The minimum absolute atomic E-state index is 0.275. The number of carbonyl (C=O) groups is 1. The van der Waals surface area contributed by atoms with E-state index >= 15 is 0 Å². The lowest BCUT2D eigenvalue weighted by atomic mass is 10.2. The minimum atomic E-state index is -2.43. The second-order valence-corrected chi connectivity index (χ2v) is 5.11. The quantitative estimate of drug-likeness (QED) is 0.679. The fourth-order valence-electron chi connectivity index (χ4n) is 1.58. The van der Waals surface area contributed by atoms with Gasteiger partial charge in [-0.1, -0.05) is 30.0 Å². The first kappa shape index (κ1) is 15.2. The van der Waals surface area contributed by atoms with E-state index in [0.717, 1.165) is 5.56 Å². The predicted molar refractivity (Wildman–Crippen MR) is 79.0 cm³/mol. The zero-order valence-corrected chi connectivity index (χ0v) is 11.7. The third kappa shape index (κ3) is 5.35. The molecule has 1 amide bonds. The van der Waals surface area contributed by atoms with Crippen molar-refractivity contribution < 1.29 is 18.6 Å². The number of hydrogen-bond acceptors (Lipinski definition) is 2. The first-order valence-corrected chi connectivity index (χ1v) is 7.02. The summed E-state index contributed by atoms with van der Waals surface area (Å²) in [4.78, 5) is 15.1. The van der Waals surface area contributed by atoms with E-state index in [1.54, 1.807) is 48.7 Å². The number of aromatic nitrogens is 1. The Balaban J connectivity index is 1.93. The number of alkyl halides is 2. The summed E-state index contributed by atoms with van der Waals surface area (Å²) < 4.78 is 24.4. The number of benzene rings is 1. The molecule has 0 radical (unpaired) electrons. The van der Waals surface area contributed by atoms with Gasteiger partial charge in [-0.15, -0.1) is 0 Å². The number of pyridine rings is 1. The molecule has 6 heteroatoms. The molecule has 1 aromatic carbocycles. The van der Waals surface area contributed by atoms with Gasteiger partial charge in [-0.25, -0.2) is 15.1 Å². The van der Waals surface area contributed by atoms with Crippen molar-refractivity contribution in [1.29, 1.82) is 0 Å². The van der Waals surface area contributed by atoms with E-state index in [9.17, 15) is 13.6 Å². The number of rotatable bonds is 5. The molecule has 108 valence electrons. The van der Waals surface area contributed by atoms with Crippen molar-refractivity contribution in [3.8, 4) is 0 Å². The maximum absolute atomic E-state index is 12.2. The van der Waals surface area contributed by atoms with Gasteiger partial charge in [0.2, 0.25) is 0 Å². The Bertz CT molecular complexity index is 615. The van der Waals surface area contributed by atoms with Gasteiger partial charge in [0.25, 0.3) is 11.6 Å². The van der Waals surface area contributed by atoms with Crippen LogP contribution in [0.1, 0.15) is 5.56 Å². The van der Waals surface area contributed by atoms with Crippen molar-refractivity contribution in [2.75, 3.05) is 5.32 Å². The van der Waals surface area contributed by atoms with Crippen LogP contribution in [0.25, 0.3) is 6.08 Å². The van der Waals surface area contributed by atoms with Crippen LogP contribution >= 0.6 is 11.8 Å². The Morgan fingerprint density at radius 2 is 1.95 bits per heavy atom. The zero-order chi connectivity index (χ0) is 15.1. The van der Waals surface area contributed by atoms with Crippen molar-refractivity contribution in [2.24, 2.45) is 0 Å². The van der Waals surface area contributed by atoms with Crippen LogP contribution in [-0.2, 0) is 4.79 Å². The minimum Gasteiger partial charge on any atom is -0.247 e. The SMILES string of the molecule is O=C(C=Cc1ccc(SC(F)F)cc1)Nc1cccc[nH+]1. The first-order chi connectivity index (χ1) is 10.1. The van der Waals surface area contributed by atoms with Gasteiger partial charge < -0.3 is 0 Å². The largest absolute Gasteiger partial charge is 0.331 e. The number of amides is 1. The Labute approximate surface area is 125 Å². The highest BCUT2D eigenvalue weighted by atomic mass is 32.2. The number of thioether (sulfide) groups is 1. The monoisotopic (exact) mass is 307 g/mol. The van der Waals surface area contributed by atoms with E-state index in [4.69, 9.17) is 0 Å². The predicted octanol–water partition coefficient (Wildman–Crippen LogP) is 3.47. The summed E-state index contributed by atoms with van der Waals surface area (Å²) in [5.41, 5.74) is 0.765. The number of H-pyrrole nitrogens is 1. The molecule has 21 heavy (non-hydrogen) atoms. The lowest BCUT2D eigenvalue weighted by Gasteiger charge is -2.00. The summed E-state index contributed by atoms with van der Waals surface area (Å²) in [7, 11) is 0. The van der Waals surface area contributed by atoms with Crippen LogP contribution < -0.4 is 10.3 Å². The second kappa shape index (κ2) is 7.54. The Morgan fingerprint density at radius 1 is 1.19 bits per heavy atom. The summed E-state index contributed by atoms with van der Waals surface area (Å²) in [5, 5.41) is 2.67. The van der Waals surface area contributed by atoms with Gasteiger partial charge in [-0.2, -0.15) is 8.78 Å². The van der Waals surface area contributed by atoms with E-state index in [-0.39, 0.29) is 5.91 Å². The zero-order valence-electron chi connectivity index (χ0n) is 10.9. The van der Waals surface area contributed by atoms with Crippen LogP contribution in [0.3, 0.4) is 0 Å². The molecular weight excluding hydrogens is 294 g/mol. The number of nitrogens with one attached hydrogen (secondary N) is 2. The first-order valence-electron chi connectivity index (χ1n) is 6.14. The molecule has 3 nitrogen and oxygen atoms in total. The molecular formula is C15H13F2N2OS+. The molecule has 0 aliphatic heterocycles. The molecule has 0 spiro atoms. The second-order valence-electron chi connectivity index (χ2n) is 4.05. The van der Waals surface area contributed by atoms with E-state index in [0.29, 0.717) is 22.5 Å². The number of carbonyl (C=O) groups excluding carboxylic acids is 1. The van der Waals surface area contributed by atoms with Gasteiger partial charge in [0.05, 0.1) is 6.20 Å². The molecule has 1 aromatic heterocycles. The van der Waals surface area contributed by atoms with Gasteiger partial charge in [-0.3, -0.25) is 0 Å². The fourth-order valence-corrected chi connectivity index (χ4v) is 2.08. The third-order valence-electron chi connectivity index (χ3n) is 2.50. The summed E-state index contributed by atoms with van der Waals surface area (Å²) in [5.74, 6) is -2.11. The topological polar surface area (TPSA) is 43.2 Å². The number of aromatic amines is 1. The van der Waals surface area contributed by atoms with Crippen LogP contribution in [0.5, 0.6) is 0 Å². The summed E-state index contributed by atoms with van der Waals surface area (Å²) >= 11 is 0.492. The number of hydrogen-bond donors (Lipinski definition) is 1. The molecule has 0 atom stereocenters. The van der Waals surface area contributed by atoms with E-state index in [2.05, 4.69) is 10.3 Å². The lowest BCUT2D eigenvalue weighted by molar-refractivity contribution is -0.360. The van der Waals surface area contributed by atoms with Crippen molar-refractivity contribution in [1.82, 2.24) is 0 Å². The highest BCUT2D eigenvalue weighted by Crippen LogP contribution is 2.25. The maximum Gasteiger partial charge on any atom is 0.331 e. The molecule has 0 saturated carbocycles.